The van der Waals surface area contributed by atoms with Crippen LogP contribution in [0.1, 0.15) is 12.8 Å². The Morgan fingerprint density at radius 1 is 1.50 bits per heavy atom. The van der Waals surface area contributed by atoms with E-state index in [2.05, 4.69) is 15.9 Å². The van der Waals surface area contributed by atoms with Crippen LogP contribution in [0.25, 0.3) is 0 Å². The van der Waals surface area contributed by atoms with Crippen LogP contribution in [0.3, 0.4) is 0 Å². The van der Waals surface area contributed by atoms with Crippen molar-refractivity contribution in [2.45, 2.75) is 25.0 Å². The Balaban J connectivity index is 1.94. The number of primary amides is 1. The Kier molecular flexibility index (Phi) is 3.60. The number of aromatic nitrogens is 1. The molecule has 6 nitrogen and oxygen atoms in total. The summed E-state index contributed by atoms with van der Waals surface area (Å²) < 4.78 is 12.6. The molecular formula is C11H13BrN2O4. The molecule has 0 aromatic carbocycles. The van der Waals surface area contributed by atoms with Crippen molar-refractivity contribution in [3.8, 4) is 5.75 Å². The van der Waals surface area contributed by atoms with Crippen molar-refractivity contribution in [1.29, 1.82) is 0 Å². The van der Waals surface area contributed by atoms with Crippen molar-refractivity contribution in [1.82, 2.24) is 4.57 Å². The number of nitrogens with zero attached hydrogens (tertiary/aromatic N) is 1. The fraction of sp³-hybridized carbons (Fsp3) is 0.455. The van der Waals surface area contributed by atoms with Crippen LogP contribution in [0.2, 0.25) is 0 Å². The van der Waals surface area contributed by atoms with Gasteiger partial charge in [-0.3, -0.25) is 4.79 Å². The van der Waals surface area contributed by atoms with Gasteiger partial charge in [-0.15, -0.1) is 0 Å². The third-order valence-electron chi connectivity index (χ3n) is 2.77. The highest BCUT2D eigenvalue weighted by atomic mass is 79.9. The van der Waals surface area contributed by atoms with Crippen molar-refractivity contribution in [2.24, 2.45) is 12.8 Å². The molecule has 98 valence electrons. The van der Waals surface area contributed by atoms with E-state index < -0.39 is 6.09 Å². The maximum Gasteiger partial charge on any atom is 0.404 e. The topological polar surface area (TPSA) is 83.5 Å². The molecule has 0 bridgehead atoms. The highest BCUT2D eigenvalue weighted by Gasteiger charge is 2.34. The van der Waals surface area contributed by atoms with Gasteiger partial charge in [-0.05, 0) is 15.9 Å². The Morgan fingerprint density at radius 3 is 2.78 bits per heavy atom. The molecule has 0 spiro atoms. The number of carbonyl (C=O) groups excluding carboxylic acids is 1. The SMILES string of the molecule is Cn1cc(Br)c(OC2CC(OC(N)=O)C2)cc1=O. The molecule has 0 aliphatic heterocycles. The van der Waals surface area contributed by atoms with E-state index in [9.17, 15) is 9.59 Å². The van der Waals surface area contributed by atoms with Gasteiger partial charge in [-0.1, -0.05) is 0 Å². The van der Waals surface area contributed by atoms with E-state index in [0.29, 0.717) is 23.1 Å². The van der Waals surface area contributed by atoms with Gasteiger partial charge in [-0.25, -0.2) is 4.79 Å². The minimum absolute atomic E-state index is 0.0576. The number of ether oxygens (including phenoxy) is 2. The second-order valence-electron chi connectivity index (χ2n) is 4.20. The van der Waals surface area contributed by atoms with Gasteiger partial charge in [-0.2, -0.15) is 0 Å². The van der Waals surface area contributed by atoms with E-state index in [1.807, 2.05) is 0 Å². The molecule has 2 N–H and O–H groups in total. The smallest absolute Gasteiger partial charge is 0.404 e. The third-order valence-corrected chi connectivity index (χ3v) is 3.37. The molecule has 0 unspecified atom stereocenters. The summed E-state index contributed by atoms with van der Waals surface area (Å²) in [6.07, 6.45) is 1.81. The molecule has 7 heteroatoms. The summed E-state index contributed by atoms with van der Waals surface area (Å²) in [5.41, 5.74) is 4.77. The molecule has 0 atom stereocenters. The Morgan fingerprint density at radius 2 is 2.17 bits per heavy atom. The van der Waals surface area contributed by atoms with Gasteiger partial charge >= 0.3 is 6.09 Å². The van der Waals surface area contributed by atoms with Crippen LogP contribution < -0.4 is 16.0 Å². The maximum absolute atomic E-state index is 11.5. The third kappa shape index (κ3) is 2.84. The number of hydrogen-bond donors (Lipinski definition) is 1. The van der Waals surface area contributed by atoms with Gasteiger partial charge < -0.3 is 19.8 Å². The normalized spacial score (nSPS) is 22.1. The Bertz CT molecular complexity index is 522. The number of rotatable bonds is 3. The van der Waals surface area contributed by atoms with Crippen LogP contribution in [-0.2, 0) is 11.8 Å². The number of amides is 1. The Labute approximate surface area is 112 Å². The van der Waals surface area contributed by atoms with Crippen molar-refractivity contribution in [2.75, 3.05) is 0 Å². The van der Waals surface area contributed by atoms with Gasteiger partial charge in [0.2, 0.25) is 0 Å². The van der Waals surface area contributed by atoms with E-state index in [4.69, 9.17) is 15.2 Å². The van der Waals surface area contributed by atoms with Crippen LogP contribution in [-0.4, -0.2) is 22.9 Å². The van der Waals surface area contributed by atoms with Gasteiger partial charge in [0.15, 0.2) is 0 Å². The molecule has 1 heterocycles. The lowest BCUT2D eigenvalue weighted by Crippen LogP contribution is -2.41. The minimum atomic E-state index is -0.770. The van der Waals surface area contributed by atoms with Crippen LogP contribution in [0, 0.1) is 0 Å². The molecule has 1 fully saturated rings. The number of pyridine rings is 1. The lowest BCUT2D eigenvalue weighted by Gasteiger charge is -2.34. The molecule has 18 heavy (non-hydrogen) atoms. The average Bonchev–Trinajstić information content (AvgIpc) is 2.21. The quantitative estimate of drug-likeness (QED) is 0.906. The van der Waals surface area contributed by atoms with Gasteiger partial charge in [0, 0.05) is 32.2 Å². The summed E-state index contributed by atoms with van der Waals surface area (Å²) in [6.45, 7) is 0. The number of aryl methyl sites for hydroxylation is 1. The standard InChI is InChI=1S/C11H13BrN2O4/c1-14-5-8(12)9(4-10(14)15)17-6-2-7(3-6)18-11(13)16/h4-7H,2-3H2,1H3,(H2,13,16). The fourth-order valence-corrected chi connectivity index (χ4v) is 2.24. The number of halogens is 1. The second-order valence-corrected chi connectivity index (χ2v) is 5.06. The molecular weight excluding hydrogens is 304 g/mol. The first-order valence-corrected chi connectivity index (χ1v) is 6.24. The minimum Gasteiger partial charge on any atom is -0.489 e. The zero-order chi connectivity index (χ0) is 13.3. The molecule has 1 saturated carbocycles. The summed E-state index contributed by atoms with van der Waals surface area (Å²) in [7, 11) is 1.66. The molecule has 0 saturated heterocycles. The lowest BCUT2D eigenvalue weighted by atomic mass is 9.92. The Hall–Kier alpha value is -1.50. The molecule has 1 amide bonds. The summed E-state index contributed by atoms with van der Waals surface area (Å²) in [5.74, 6) is 0.501. The van der Waals surface area contributed by atoms with Crippen LogP contribution in [0.4, 0.5) is 4.79 Å². The lowest BCUT2D eigenvalue weighted by molar-refractivity contribution is -0.0201. The molecule has 1 aliphatic rings. The predicted molar refractivity (Wildman–Crippen MR) is 67.5 cm³/mol. The molecule has 1 aromatic heterocycles. The largest absolute Gasteiger partial charge is 0.489 e. The summed E-state index contributed by atoms with van der Waals surface area (Å²) in [5, 5.41) is 0. The zero-order valence-electron chi connectivity index (χ0n) is 9.76. The summed E-state index contributed by atoms with van der Waals surface area (Å²) in [6, 6.07) is 1.42. The molecule has 2 rings (SSSR count). The summed E-state index contributed by atoms with van der Waals surface area (Å²) >= 11 is 3.33. The monoisotopic (exact) mass is 316 g/mol. The predicted octanol–water partition coefficient (Wildman–Crippen LogP) is 1.15. The van der Waals surface area contributed by atoms with Crippen LogP contribution in [0.5, 0.6) is 5.75 Å². The van der Waals surface area contributed by atoms with Gasteiger partial charge in [0.25, 0.3) is 5.56 Å². The van der Waals surface area contributed by atoms with Crippen molar-refractivity contribution < 1.29 is 14.3 Å². The number of carbonyl (C=O) groups is 1. The van der Waals surface area contributed by atoms with E-state index in [1.165, 1.54) is 10.6 Å². The van der Waals surface area contributed by atoms with Crippen LogP contribution in [0.15, 0.2) is 21.5 Å². The van der Waals surface area contributed by atoms with Crippen LogP contribution >= 0.6 is 15.9 Å². The second kappa shape index (κ2) is 5.01. The fourth-order valence-electron chi connectivity index (χ4n) is 1.72. The zero-order valence-corrected chi connectivity index (χ0v) is 11.3. The van der Waals surface area contributed by atoms with Gasteiger partial charge in [0.05, 0.1) is 4.47 Å². The van der Waals surface area contributed by atoms with Gasteiger partial charge in [0.1, 0.15) is 18.0 Å². The van der Waals surface area contributed by atoms with Crippen molar-refractivity contribution >= 4 is 22.0 Å². The average molecular weight is 317 g/mol. The van der Waals surface area contributed by atoms with E-state index >= 15 is 0 Å². The van der Waals surface area contributed by atoms with E-state index in [1.54, 1.807) is 13.2 Å². The van der Waals surface area contributed by atoms with E-state index in [0.717, 1.165) is 0 Å². The molecule has 0 radical (unpaired) electrons. The van der Waals surface area contributed by atoms with E-state index in [-0.39, 0.29) is 17.8 Å². The summed E-state index contributed by atoms with van der Waals surface area (Å²) in [4.78, 5) is 22.0. The highest BCUT2D eigenvalue weighted by molar-refractivity contribution is 9.10. The number of nitrogens with two attached hydrogens (primary N) is 1. The molecule has 1 aliphatic carbocycles. The molecule has 1 aromatic rings. The van der Waals surface area contributed by atoms with Crippen molar-refractivity contribution in [3.05, 3.63) is 27.1 Å². The first-order valence-electron chi connectivity index (χ1n) is 5.44. The number of hydrogen-bond acceptors (Lipinski definition) is 4. The first kappa shape index (κ1) is 12.9. The highest BCUT2D eigenvalue weighted by Crippen LogP contribution is 2.31. The maximum atomic E-state index is 11.5. The first-order chi connectivity index (χ1) is 8.45. The van der Waals surface area contributed by atoms with Crippen molar-refractivity contribution in [3.63, 3.8) is 0 Å².